The molecule has 1 fully saturated rings. The van der Waals surface area contributed by atoms with Crippen molar-refractivity contribution in [2.45, 2.75) is 51.3 Å². The zero-order valence-corrected chi connectivity index (χ0v) is 23.8. The van der Waals surface area contributed by atoms with Crippen molar-refractivity contribution in [2.24, 2.45) is 11.3 Å². The molecule has 2 N–H and O–H groups in total. The Morgan fingerprint density at radius 2 is 1.97 bits per heavy atom. The average Bonchev–Trinajstić information content (AvgIpc) is 3.50. The Labute approximate surface area is 233 Å². The number of benzene rings is 1. The molecule has 4 heterocycles. The van der Waals surface area contributed by atoms with Gasteiger partial charge in [-0.2, -0.15) is 0 Å². The van der Waals surface area contributed by atoms with E-state index in [9.17, 15) is 24.6 Å². The summed E-state index contributed by atoms with van der Waals surface area (Å²) in [6.45, 7) is 6.98. The Bertz CT molecular complexity index is 1500. The highest BCUT2D eigenvalue weighted by Crippen LogP contribution is 2.60. The molecule has 1 aromatic carbocycles. The van der Waals surface area contributed by atoms with Crippen molar-refractivity contribution in [2.75, 3.05) is 12.9 Å². The number of aliphatic hydroxyl groups excluding tert-OH is 1. The van der Waals surface area contributed by atoms with Crippen LogP contribution >= 0.6 is 23.1 Å². The second kappa shape index (κ2) is 10.00. The first-order valence-electron chi connectivity index (χ1n) is 12.4. The zero-order valence-electron chi connectivity index (χ0n) is 22.1. The van der Waals surface area contributed by atoms with E-state index >= 15 is 0 Å². The number of thioether (sulfide) groups is 1. The number of carbonyl (C=O) groups is 3. The number of amides is 1. The lowest BCUT2D eigenvalue weighted by Crippen LogP contribution is -2.66. The van der Waals surface area contributed by atoms with Gasteiger partial charge in [-0.25, -0.2) is 14.6 Å². The van der Waals surface area contributed by atoms with E-state index in [1.165, 1.54) is 34.9 Å². The number of carbonyl (C=O) groups excluding carboxylic acids is 2. The van der Waals surface area contributed by atoms with E-state index in [1.807, 2.05) is 55.8 Å². The van der Waals surface area contributed by atoms with Crippen LogP contribution in [0.2, 0.25) is 0 Å². The minimum absolute atomic E-state index is 0.0798. The third-order valence-electron chi connectivity index (χ3n) is 7.62. The molecule has 39 heavy (non-hydrogen) atoms. The quantitative estimate of drug-likeness (QED) is 0.175. The van der Waals surface area contributed by atoms with Gasteiger partial charge < -0.3 is 24.6 Å². The van der Waals surface area contributed by atoms with Gasteiger partial charge in [0.1, 0.15) is 27.6 Å². The molecular formula is C27H29N3O7S2. The summed E-state index contributed by atoms with van der Waals surface area (Å²) in [5.41, 5.74) is 1.03. The number of para-hydroxylation sites is 1. The zero-order chi connectivity index (χ0) is 28.2. The molecule has 0 aliphatic carbocycles. The normalized spacial score (nSPS) is 23.1. The van der Waals surface area contributed by atoms with Gasteiger partial charge in [-0.05, 0) is 44.6 Å². The molecule has 0 radical (unpaired) electrons. The SMILES string of the molecule is CSc1ncn2cc(C3=C(C(=O)O)N4C(=O)[C@H](C(C)O)[C@@H]4[C@@]3(C)CCOC(=O)Oc3c(C)cccc3C)sc12. The molecule has 2 aliphatic heterocycles. The molecular weight excluding hydrogens is 542 g/mol. The number of β-lactam (4-membered cyclic amide) rings is 1. The summed E-state index contributed by atoms with van der Waals surface area (Å²) in [4.78, 5) is 45.4. The summed E-state index contributed by atoms with van der Waals surface area (Å²) in [7, 11) is 0. The summed E-state index contributed by atoms with van der Waals surface area (Å²) < 4.78 is 12.8. The molecule has 4 atom stereocenters. The third kappa shape index (κ3) is 4.30. The van der Waals surface area contributed by atoms with Crippen molar-refractivity contribution < 1.29 is 34.1 Å². The molecule has 0 bridgehead atoms. The third-order valence-corrected chi connectivity index (χ3v) is 9.56. The number of hydrogen-bond acceptors (Lipinski definition) is 9. The van der Waals surface area contributed by atoms with E-state index in [0.717, 1.165) is 21.0 Å². The van der Waals surface area contributed by atoms with E-state index in [2.05, 4.69) is 4.98 Å². The summed E-state index contributed by atoms with van der Waals surface area (Å²) in [5, 5.41) is 21.5. The summed E-state index contributed by atoms with van der Waals surface area (Å²) in [6, 6.07) is 4.92. The first-order valence-corrected chi connectivity index (χ1v) is 14.4. The molecule has 0 spiro atoms. The topological polar surface area (TPSA) is 131 Å². The maximum absolute atomic E-state index is 13.1. The molecule has 206 valence electrons. The van der Waals surface area contributed by atoms with Crippen molar-refractivity contribution >= 4 is 51.5 Å². The number of rotatable bonds is 8. The minimum Gasteiger partial charge on any atom is -0.477 e. The van der Waals surface area contributed by atoms with E-state index in [4.69, 9.17) is 9.47 Å². The van der Waals surface area contributed by atoms with E-state index in [-0.39, 0.29) is 18.7 Å². The fraction of sp³-hybridized carbons (Fsp3) is 0.407. The number of aliphatic carboxylic acids is 1. The van der Waals surface area contributed by atoms with Crippen LogP contribution in [-0.2, 0) is 14.3 Å². The lowest BCUT2D eigenvalue weighted by atomic mass is 9.66. The number of nitrogens with zero attached hydrogens (tertiary/aromatic N) is 3. The van der Waals surface area contributed by atoms with Crippen LogP contribution in [0.5, 0.6) is 5.75 Å². The number of hydrogen-bond donors (Lipinski definition) is 2. The fourth-order valence-corrected chi connectivity index (χ4v) is 7.74. The van der Waals surface area contributed by atoms with E-state index < -0.39 is 41.5 Å². The van der Waals surface area contributed by atoms with Gasteiger partial charge >= 0.3 is 12.1 Å². The van der Waals surface area contributed by atoms with Crippen molar-refractivity contribution in [1.82, 2.24) is 14.3 Å². The van der Waals surface area contributed by atoms with Crippen molar-refractivity contribution in [1.29, 1.82) is 0 Å². The van der Waals surface area contributed by atoms with Crippen LogP contribution in [0.15, 0.2) is 41.4 Å². The fourth-order valence-electron chi connectivity index (χ4n) is 5.78. The molecule has 10 nitrogen and oxygen atoms in total. The highest BCUT2D eigenvalue weighted by molar-refractivity contribution is 7.98. The monoisotopic (exact) mass is 571 g/mol. The maximum Gasteiger partial charge on any atom is 0.513 e. The van der Waals surface area contributed by atoms with Crippen molar-refractivity contribution in [3.63, 3.8) is 0 Å². The standard InChI is InChI=1S/C27H29N3O7S2/c1-13-7-6-8-14(2)20(13)37-26(35)36-10-9-27(4)18(16-11-29-12-28-22(38-5)24(29)39-16)19(25(33)34)30-21(27)17(15(3)31)23(30)32/h6-8,11-12,15,17,21,31H,9-10H2,1-5H3,(H,33,34)/t15?,17-,21-,27+/m1/s1. The number of aliphatic hydroxyl groups is 1. The second-order valence-corrected chi connectivity index (χ2v) is 11.9. The number of thiazole rings is 1. The number of fused-ring (bicyclic) bond motifs is 2. The van der Waals surface area contributed by atoms with Gasteiger partial charge in [0.25, 0.3) is 0 Å². The highest BCUT2D eigenvalue weighted by atomic mass is 32.2. The summed E-state index contributed by atoms with van der Waals surface area (Å²) in [5.74, 6) is -2.01. The molecule has 0 saturated carbocycles. The number of aromatic nitrogens is 2. The van der Waals surface area contributed by atoms with Crippen molar-refractivity contribution in [3.8, 4) is 5.75 Å². The molecule has 1 unspecified atom stereocenters. The Hall–Kier alpha value is -3.35. The van der Waals surface area contributed by atoms with Gasteiger partial charge in [0.2, 0.25) is 5.91 Å². The van der Waals surface area contributed by atoms with Crippen LogP contribution in [0, 0.1) is 25.2 Å². The molecule has 5 rings (SSSR count). The Morgan fingerprint density at radius 3 is 2.59 bits per heavy atom. The predicted octanol–water partition coefficient (Wildman–Crippen LogP) is 4.36. The van der Waals surface area contributed by atoms with Gasteiger partial charge in [-0.15, -0.1) is 23.1 Å². The summed E-state index contributed by atoms with van der Waals surface area (Å²) >= 11 is 2.87. The first kappa shape index (κ1) is 27.2. The second-order valence-electron chi connectivity index (χ2n) is 10.1. The van der Waals surface area contributed by atoms with Gasteiger partial charge in [0, 0.05) is 17.2 Å². The smallest absolute Gasteiger partial charge is 0.477 e. The van der Waals surface area contributed by atoms with Crippen LogP contribution in [0.1, 0.15) is 36.3 Å². The molecule has 1 saturated heterocycles. The number of aryl methyl sites for hydroxylation is 2. The van der Waals surface area contributed by atoms with Gasteiger partial charge in [-0.3, -0.25) is 9.20 Å². The van der Waals surface area contributed by atoms with E-state index in [0.29, 0.717) is 16.2 Å². The lowest BCUT2D eigenvalue weighted by Gasteiger charge is -2.50. The van der Waals surface area contributed by atoms with Crippen LogP contribution < -0.4 is 4.74 Å². The highest BCUT2D eigenvalue weighted by Gasteiger charge is 2.66. The molecule has 1 amide bonds. The van der Waals surface area contributed by atoms with Gasteiger partial charge in [0.05, 0.1) is 29.5 Å². The Balaban J connectivity index is 1.48. The number of carboxylic acid groups (broad SMARTS) is 1. The number of ether oxygens (including phenoxy) is 2. The molecule has 2 aromatic heterocycles. The average molecular weight is 572 g/mol. The molecule has 12 heteroatoms. The van der Waals surface area contributed by atoms with Crippen molar-refractivity contribution in [3.05, 3.63) is 52.4 Å². The molecule has 3 aromatic rings. The lowest BCUT2D eigenvalue weighted by molar-refractivity contribution is -0.167. The number of carboxylic acids is 1. The maximum atomic E-state index is 13.1. The van der Waals surface area contributed by atoms with Gasteiger partial charge in [0.15, 0.2) is 0 Å². The van der Waals surface area contributed by atoms with Crippen LogP contribution in [0.25, 0.3) is 10.4 Å². The van der Waals surface area contributed by atoms with Crippen LogP contribution in [0.3, 0.4) is 0 Å². The first-order chi connectivity index (χ1) is 18.5. The molecule has 2 aliphatic rings. The van der Waals surface area contributed by atoms with Crippen LogP contribution in [0.4, 0.5) is 4.79 Å². The Morgan fingerprint density at radius 1 is 1.28 bits per heavy atom. The van der Waals surface area contributed by atoms with Gasteiger partial charge in [-0.1, -0.05) is 25.1 Å². The largest absolute Gasteiger partial charge is 0.513 e. The number of imidazole rings is 1. The van der Waals surface area contributed by atoms with E-state index in [1.54, 1.807) is 6.33 Å². The summed E-state index contributed by atoms with van der Waals surface area (Å²) in [6.07, 6.45) is 3.75. The Kier molecular flexibility index (Phi) is 6.98. The minimum atomic E-state index is -1.23. The predicted molar refractivity (Wildman–Crippen MR) is 146 cm³/mol. The van der Waals surface area contributed by atoms with Crippen LogP contribution in [-0.4, -0.2) is 67.5 Å².